The molecule has 0 atom stereocenters. The Bertz CT molecular complexity index is 6540. The van der Waals surface area contributed by atoms with Gasteiger partial charge in [-0.15, -0.1) is 35.8 Å². The molecule has 10 aromatic carbocycles. The quantitative estimate of drug-likeness (QED) is 0.0130. The Kier molecular flexibility index (Phi) is 20.1. The Balaban J connectivity index is 1.03. The lowest BCUT2D eigenvalue weighted by molar-refractivity contribution is 0.317. The molecule has 10 rings (SSSR count). The number of rotatable bonds is 22. The van der Waals surface area contributed by atoms with Crippen LogP contribution >= 0.6 is 0 Å². The van der Waals surface area contributed by atoms with Crippen molar-refractivity contribution in [1.82, 2.24) is 0 Å². The maximum absolute atomic E-state index is 13.4. The molecule has 40 nitrogen and oxygen atoms in total. The van der Waals surface area contributed by atoms with E-state index in [9.17, 15) is 124 Å². The summed E-state index contributed by atoms with van der Waals surface area (Å²) in [7, 11) is -41.4. The van der Waals surface area contributed by atoms with E-state index in [0.717, 1.165) is 97.1 Å². The molecule has 10 aromatic rings. The summed E-state index contributed by atoms with van der Waals surface area (Å²) in [6.45, 7) is 0.757. The Morgan fingerprint density at radius 2 is 0.837 bits per heavy atom. The first-order valence-electron chi connectivity index (χ1n) is 27.8. The Morgan fingerprint density at radius 3 is 1.39 bits per heavy atom. The highest BCUT2D eigenvalue weighted by Gasteiger charge is 2.31. The summed E-state index contributed by atoms with van der Waals surface area (Å²) in [4.78, 5) is -7.30. The second-order valence-corrected chi connectivity index (χ2v) is 33.0. The number of nitrogens with zero attached hydrogens (tertiary/aromatic N) is 10. The molecule has 0 spiro atoms. The van der Waals surface area contributed by atoms with Gasteiger partial charge in [0, 0.05) is 39.1 Å². The van der Waals surface area contributed by atoms with Gasteiger partial charge in [0.1, 0.15) is 65.2 Å². The van der Waals surface area contributed by atoms with Gasteiger partial charge in [-0.05, 0) is 133 Å². The number of phenolic OH excluding ortho intramolecular Hbond substituents is 4. The minimum absolute atomic E-state index is 0.0214. The van der Waals surface area contributed by atoms with Crippen molar-refractivity contribution in [3.63, 3.8) is 0 Å². The summed E-state index contributed by atoms with van der Waals surface area (Å²) in [6.07, 6.45) is -0.423. The van der Waals surface area contributed by atoms with E-state index in [0.29, 0.717) is 24.3 Å². The molecule has 0 saturated heterocycles. The van der Waals surface area contributed by atoms with E-state index in [-0.39, 0.29) is 38.8 Å². The van der Waals surface area contributed by atoms with Gasteiger partial charge >= 0.3 is 0 Å². The number of aryl methyl sites for hydroxylation is 1. The molecule has 0 heterocycles. The van der Waals surface area contributed by atoms with Gasteiger partial charge in [-0.2, -0.15) is 82.7 Å². The SMILES string of the molecule is Cc1cc(N=Nc2c(S(=O)(=O)O)cc3c(S(=O)(=O)O)c(N=Nc4c(N)ccc5c(O)c(N=Nc6ccc7cc(S(=O)(=O)O)c(N=Nc8ccc(S(=O)(=O)O)cc8)c(O)c7c6)c(S(=O)(=O)O)cc45)ccc3c2O)c(OCCCS(=O)(=O)O)cc1N=Nc1cc(S(=O)(=O)O)cc2cc(S(=O)(=O)O)cc(O)c12. The van der Waals surface area contributed by atoms with Crippen LogP contribution in [0.5, 0.6) is 28.7 Å². The van der Waals surface area contributed by atoms with Crippen LogP contribution in [0.3, 0.4) is 0 Å². The molecule has 0 amide bonds. The number of ether oxygens (including phenoxy) is 1. The fourth-order valence-corrected chi connectivity index (χ4v) is 14.7. The van der Waals surface area contributed by atoms with Crippen molar-refractivity contribution in [1.29, 1.82) is 0 Å². The molecule has 0 radical (unpaired) electrons. The largest absolute Gasteiger partial charge is 0.507 e. The van der Waals surface area contributed by atoms with Crippen LogP contribution in [0.1, 0.15) is 12.0 Å². The summed E-state index contributed by atoms with van der Waals surface area (Å²) in [5, 5.41) is 80.7. The standard InChI is InChI=1S/C56H43N11O29S8/c1-25-15-41(44(96-13-2-14-97(72,73)74)24-40(25)61-63-42-20-31(99(78,79)80)16-27-17-32(100(81,82)83)21-43(68)48(27)42)62-67-52-47(103(90,91)92)23-37-34(54(52)70)10-12-39(56(37)104(93,94)95)60-64-49-36-22-46(102(87,88)89)51(53(69)33(36)9-11-38(49)57)66-59-29-4-3-26-18-45(101(84,85)86)50(55(71)35(26)19-29)65-58-28-5-7-30(8-6-28)98(75,76)77/h3-12,15-24,68-71H,2,13-14,57H2,1H3,(H,72,73,74)(H,75,76,77)(H,78,79,80)(H,81,82,83)(H,84,85,86)(H,87,88,89)(H,90,91,92)(H,93,94,95). The molecule has 0 bridgehead atoms. The van der Waals surface area contributed by atoms with Crippen molar-refractivity contribution in [3.05, 3.63) is 127 Å². The molecular formula is C56H43N11O29S8. The number of hydrogen-bond donors (Lipinski definition) is 13. The summed E-state index contributed by atoms with van der Waals surface area (Å²) in [6, 6.07) is 17.8. The molecule has 0 aliphatic heterocycles. The number of phenols is 4. The van der Waals surface area contributed by atoms with Crippen LogP contribution in [-0.2, 0) is 80.9 Å². The third-order valence-electron chi connectivity index (χ3n) is 14.6. The number of aromatic hydroxyl groups is 4. The second-order valence-electron chi connectivity index (χ2n) is 21.6. The van der Waals surface area contributed by atoms with E-state index in [1.165, 1.54) is 6.92 Å². The highest BCUT2D eigenvalue weighted by atomic mass is 32.2. The number of benzene rings is 10. The minimum Gasteiger partial charge on any atom is -0.507 e. The molecule has 0 aromatic heterocycles. The second kappa shape index (κ2) is 27.5. The van der Waals surface area contributed by atoms with Crippen LogP contribution in [0, 0.1) is 6.92 Å². The predicted molar refractivity (Wildman–Crippen MR) is 361 cm³/mol. The van der Waals surface area contributed by atoms with E-state index in [1.54, 1.807) is 0 Å². The van der Waals surface area contributed by atoms with Crippen molar-refractivity contribution < 1.29 is 129 Å². The molecule has 0 saturated carbocycles. The van der Waals surface area contributed by atoms with Crippen molar-refractivity contribution in [3.8, 4) is 28.7 Å². The van der Waals surface area contributed by atoms with Crippen LogP contribution in [0.15, 0.2) is 207 Å². The maximum atomic E-state index is 13.4. The molecule has 544 valence electrons. The van der Waals surface area contributed by atoms with E-state index in [1.807, 2.05) is 0 Å². The zero-order valence-electron chi connectivity index (χ0n) is 51.3. The van der Waals surface area contributed by atoms with Gasteiger partial charge in [0.15, 0.2) is 17.2 Å². The Labute approximate surface area is 584 Å². The number of fused-ring (bicyclic) bond motifs is 4. The van der Waals surface area contributed by atoms with Gasteiger partial charge in [-0.1, -0.05) is 6.07 Å². The molecule has 0 fully saturated rings. The topological polar surface area (TPSA) is 675 Å². The first kappa shape index (κ1) is 76.0. The number of hydrogen-bond acceptors (Lipinski definition) is 32. The zero-order valence-corrected chi connectivity index (χ0v) is 57.8. The fraction of sp³-hybridized carbons (Fsp3) is 0.0714. The van der Waals surface area contributed by atoms with Crippen molar-refractivity contribution in [2.45, 2.75) is 47.6 Å². The van der Waals surface area contributed by atoms with E-state index < -0.39 is 235 Å². The van der Waals surface area contributed by atoms with Crippen LogP contribution in [0.25, 0.3) is 43.1 Å². The summed E-state index contributed by atoms with van der Waals surface area (Å²) in [5.74, 6) is -5.52. The average Bonchev–Trinajstić information content (AvgIpc) is 0.767. The van der Waals surface area contributed by atoms with E-state index in [4.69, 9.17) is 10.5 Å². The first-order chi connectivity index (χ1) is 48.1. The molecule has 14 N–H and O–H groups in total. The summed E-state index contributed by atoms with van der Waals surface area (Å²) < 4.78 is 284. The van der Waals surface area contributed by atoms with Crippen LogP contribution in [0.2, 0.25) is 0 Å². The third-order valence-corrected chi connectivity index (χ3v) is 21.5. The number of nitrogens with two attached hydrogens (primary N) is 1. The lowest BCUT2D eigenvalue weighted by Gasteiger charge is -2.14. The molecule has 0 unspecified atom stereocenters. The monoisotopic (exact) mass is 1590 g/mol. The molecular weight excluding hydrogens is 1550 g/mol. The minimum atomic E-state index is -5.71. The van der Waals surface area contributed by atoms with Crippen molar-refractivity contribution >= 4 is 187 Å². The lowest BCUT2D eigenvalue weighted by Crippen LogP contribution is -2.08. The van der Waals surface area contributed by atoms with Crippen molar-refractivity contribution in [2.24, 2.45) is 51.1 Å². The van der Waals surface area contributed by atoms with Gasteiger partial charge in [0.05, 0.1) is 60.9 Å². The lowest BCUT2D eigenvalue weighted by atomic mass is 10.1. The van der Waals surface area contributed by atoms with Crippen LogP contribution in [0.4, 0.5) is 62.6 Å². The van der Waals surface area contributed by atoms with Crippen LogP contribution in [-0.4, -0.2) is 137 Å². The predicted octanol–water partition coefficient (Wildman–Crippen LogP) is 11.5. The molecule has 104 heavy (non-hydrogen) atoms. The number of anilines is 1. The normalized spacial score (nSPS) is 13.4. The third kappa shape index (κ3) is 16.4. The zero-order chi connectivity index (χ0) is 76.5. The molecule has 0 aliphatic carbocycles. The number of nitrogen functional groups attached to an aromatic ring is 1. The smallest absolute Gasteiger partial charge is 0.297 e. The fourth-order valence-electron chi connectivity index (χ4n) is 9.93. The van der Waals surface area contributed by atoms with Gasteiger partial charge < -0.3 is 30.9 Å². The Hall–Kier alpha value is -10.7. The van der Waals surface area contributed by atoms with Gasteiger partial charge in [-0.3, -0.25) is 36.4 Å². The van der Waals surface area contributed by atoms with Crippen LogP contribution < -0.4 is 10.5 Å². The highest BCUT2D eigenvalue weighted by Crippen LogP contribution is 2.50. The van der Waals surface area contributed by atoms with E-state index >= 15 is 0 Å². The summed E-state index contributed by atoms with van der Waals surface area (Å²) >= 11 is 0. The maximum Gasteiger partial charge on any atom is 0.297 e. The van der Waals surface area contributed by atoms with E-state index in [2.05, 4.69) is 51.1 Å². The highest BCUT2D eigenvalue weighted by molar-refractivity contribution is 7.87. The molecule has 48 heteroatoms. The molecule has 0 aliphatic rings. The first-order valence-corrected chi connectivity index (χ1v) is 39.5. The average molecular weight is 1590 g/mol. The van der Waals surface area contributed by atoms with Gasteiger partial charge in [0.25, 0.3) is 80.9 Å². The van der Waals surface area contributed by atoms with Gasteiger partial charge in [0.2, 0.25) is 0 Å². The van der Waals surface area contributed by atoms with Gasteiger partial charge in [-0.25, -0.2) is 0 Å². The number of azo groups is 5. The Morgan fingerprint density at radius 1 is 0.365 bits per heavy atom. The summed E-state index contributed by atoms with van der Waals surface area (Å²) in [5.41, 5.74) is -0.318. The van der Waals surface area contributed by atoms with Crippen molar-refractivity contribution in [2.75, 3.05) is 18.1 Å².